The Hall–Kier alpha value is -2.16. The fraction of sp³-hybridized carbons (Fsp3) is 0.143. The molecule has 1 aromatic carbocycles. The standard InChI is InChI=1S/C14H13FN2O4S/c15-9-1-3-10(4-2-9)22-7-8-5-16-12(14(20)17-21)13(19)11(8)6-18/h1-5,18-19,21H,6-7H2,(H,17,20). The van der Waals surface area contributed by atoms with Crippen LogP contribution in [0.1, 0.15) is 21.6 Å². The summed E-state index contributed by atoms with van der Waals surface area (Å²) in [7, 11) is 0. The minimum absolute atomic E-state index is 0.156. The number of pyridine rings is 1. The minimum atomic E-state index is -0.968. The normalized spacial score (nSPS) is 10.5. The van der Waals surface area contributed by atoms with Crippen LogP contribution in [0, 0.1) is 5.82 Å². The number of aromatic nitrogens is 1. The molecule has 1 heterocycles. The number of nitrogens with zero attached hydrogens (tertiary/aromatic N) is 1. The highest BCUT2D eigenvalue weighted by Gasteiger charge is 2.18. The third kappa shape index (κ3) is 3.53. The molecule has 0 bridgehead atoms. The fourth-order valence-electron chi connectivity index (χ4n) is 1.79. The molecule has 0 aliphatic carbocycles. The van der Waals surface area contributed by atoms with Crippen molar-refractivity contribution in [2.45, 2.75) is 17.3 Å². The van der Waals surface area contributed by atoms with E-state index in [0.717, 1.165) is 4.90 Å². The number of aliphatic hydroxyl groups excluding tert-OH is 1. The van der Waals surface area contributed by atoms with E-state index in [4.69, 9.17) is 5.21 Å². The Kier molecular flexibility index (Phi) is 5.31. The first-order chi connectivity index (χ1) is 10.6. The molecular weight excluding hydrogens is 311 g/mol. The number of hydrogen-bond acceptors (Lipinski definition) is 6. The summed E-state index contributed by atoms with van der Waals surface area (Å²) < 4.78 is 12.8. The molecule has 0 unspecified atom stereocenters. The second-order valence-corrected chi connectivity index (χ2v) is 5.35. The zero-order chi connectivity index (χ0) is 16.1. The van der Waals surface area contributed by atoms with Gasteiger partial charge in [0.25, 0.3) is 5.91 Å². The van der Waals surface area contributed by atoms with E-state index in [0.29, 0.717) is 11.3 Å². The summed E-state index contributed by atoms with van der Waals surface area (Å²) in [6.45, 7) is -0.487. The van der Waals surface area contributed by atoms with Gasteiger partial charge in [0, 0.05) is 22.4 Å². The average molecular weight is 324 g/mol. The van der Waals surface area contributed by atoms with Crippen LogP contribution >= 0.6 is 11.8 Å². The molecule has 116 valence electrons. The molecule has 0 aliphatic heterocycles. The predicted octanol–water partition coefficient (Wildman–Crippen LogP) is 1.83. The predicted molar refractivity (Wildman–Crippen MR) is 77.0 cm³/mol. The minimum Gasteiger partial charge on any atom is -0.505 e. The molecule has 1 amide bonds. The number of carbonyl (C=O) groups excluding carboxylic acids is 1. The molecule has 0 atom stereocenters. The van der Waals surface area contributed by atoms with Gasteiger partial charge in [0.1, 0.15) is 5.82 Å². The van der Waals surface area contributed by atoms with Crippen LogP contribution < -0.4 is 5.48 Å². The summed E-state index contributed by atoms with van der Waals surface area (Å²) in [5.41, 5.74) is 1.69. The summed E-state index contributed by atoms with van der Waals surface area (Å²) in [6.07, 6.45) is 1.34. The molecule has 0 fully saturated rings. The van der Waals surface area contributed by atoms with E-state index in [1.165, 1.54) is 35.6 Å². The third-order valence-corrected chi connectivity index (χ3v) is 3.99. The Morgan fingerprint density at radius 2 is 2.00 bits per heavy atom. The van der Waals surface area contributed by atoms with Gasteiger partial charge in [-0.1, -0.05) is 0 Å². The van der Waals surface area contributed by atoms with Gasteiger partial charge in [-0.3, -0.25) is 10.0 Å². The fourth-order valence-corrected chi connectivity index (χ4v) is 2.69. The number of halogens is 1. The highest BCUT2D eigenvalue weighted by Crippen LogP contribution is 2.29. The van der Waals surface area contributed by atoms with Crippen LogP contribution in [-0.4, -0.2) is 26.3 Å². The molecule has 8 heteroatoms. The number of aliphatic hydroxyl groups is 1. The second-order valence-electron chi connectivity index (χ2n) is 4.30. The van der Waals surface area contributed by atoms with Crippen molar-refractivity contribution in [3.8, 4) is 5.75 Å². The van der Waals surface area contributed by atoms with E-state index in [-0.39, 0.29) is 17.1 Å². The maximum Gasteiger partial charge on any atom is 0.297 e. The van der Waals surface area contributed by atoms with Crippen LogP contribution in [0.4, 0.5) is 4.39 Å². The smallest absolute Gasteiger partial charge is 0.297 e. The monoisotopic (exact) mass is 324 g/mol. The van der Waals surface area contributed by atoms with Gasteiger partial charge in [-0.05, 0) is 29.8 Å². The molecule has 0 saturated heterocycles. The number of hydrogen-bond donors (Lipinski definition) is 4. The van der Waals surface area contributed by atoms with Gasteiger partial charge in [0.2, 0.25) is 0 Å². The van der Waals surface area contributed by atoms with Crippen LogP contribution in [0.25, 0.3) is 0 Å². The lowest BCUT2D eigenvalue weighted by molar-refractivity contribution is 0.0697. The van der Waals surface area contributed by atoms with Gasteiger partial charge < -0.3 is 10.2 Å². The van der Waals surface area contributed by atoms with Crippen molar-refractivity contribution in [2.24, 2.45) is 0 Å². The number of aromatic hydroxyl groups is 1. The zero-order valence-electron chi connectivity index (χ0n) is 11.3. The van der Waals surface area contributed by atoms with Gasteiger partial charge in [0.15, 0.2) is 11.4 Å². The quantitative estimate of drug-likeness (QED) is 0.380. The molecule has 6 nitrogen and oxygen atoms in total. The van der Waals surface area contributed by atoms with E-state index < -0.39 is 18.3 Å². The van der Waals surface area contributed by atoms with Crippen LogP contribution in [-0.2, 0) is 12.4 Å². The maximum absolute atomic E-state index is 12.8. The first-order valence-corrected chi connectivity index (χ1v) is 7.18. The number of nitrogens with one attached hydrogen (secondary N) is 1. The Morgan fingerprint density at radius 1 is 1.32 bits per heavy atom. The van der Waals surface area contributed by atoms with Gasteiger partial charge >= 0.3 is 0 Å². The average Bonchev–Trinajstić information content (AvgIpc) is 2.53. The Balaban J connectivity index is 2.22. The number of benzene rings is 1. The molecule has 0 aliphatic rings. The number of rotatable bonds is 5. The largest absolute Gasteiger partial charge is 0.505 e. The van der Waals surface area contributed by atoms with Crippen molar-refractivity contribution in [1.82, 2.24) is 10.5 Å². The third-order valence-electron chi connectivity index (χ3n) is 2.93. The molecule has 0 saturated carbocycles. The molecule has 1 aromatic heterocycles. The summed E-state index contributed by atoms with van der Waals surface area (Å²) in [6, 6.07) is 5.89. The van der Waals surface area contributed by atoms with Crippen molar-refractivity contribution in [2.75, 3.05) is 0 Å². The maximum atomic E-state index is 12.8. The SMILES string of the molecule is O=C(NO)c1ncc(CSc2ccc(F)cc2)c(CO)c1O. The molecular formula is C14H13FN2O4S. The Labute approximate surface area is 129 Å². The lowest BCUT2D eigenvalue weighted by atomic mass is 10.1. The van der Waals surface area contributed by atoms with Crippen LogP contribution in [0.3, 0.4) is 0 Å². The van der Waals surface area contributed by atoms with Gasteiger partial charge in [-0.25, -0.2) is 14.9 Å². The number of carbonyl (C=O) groups is 1. The highest BCUT2D eigenvalue weighted by atomic mass is 32.2. The van der Waals surface area contributed by atoms with E-state index in [2.05, 4.69) is 4.98 Å². The first-order valence-electron chi connectivity index (χ1n) is 6.20. The lowest BCUT2D eigenvalue weighted by Gasteiger charge is -2.11. The molecule has 0 spiro atoms. The van der Waals surface area contributed by atoms with Crippen molar-refractivity contribution in [3.05, 3.63) is 53.1 Å². The summed E-state index contributed by atoms with van der Waals surface area (Å²) in [4.78, 5) is 15.9. The summed E-state index contributed by atoms with van der Waals surface area (Å²) in [5.74, 6) is -1.42. The molecule has 22 heavy (non-hydrogen) atoms. The van der Waals surface area contributed by atoms with Crippen LogP contribution in [0.5, 0.6) is 5.75 Å². The topological polar surface area (TPSA) is 103 Å². The van der Waals surface area contributed by atoms with Crippen molar-refractivity contribution in [1.29, 1.82) is 0 Å². The van der Waals surface area contributed by atoms with E-state index >= 15 is 0 Å². The van der Waals surface area contributed by atoms with Gasteiger partial charge in [-0.2, -0.15) is 0 Å². The number of thioether (sulfide) groups is 1. The second kappa shape index (κ2) is 7.21. The molecule has 2 rings (SSSR count). The summed E-state index contributed by atoms with van der Waals surface area (Å²) in [5, 5.41) is 27.9. The van der Waals surface area contributed by atoms with Crippen LogP contribution in [0.2, 0.25) is 0 Å². The highest BCUT2D eigenvalue weighted by molar-refractivity contribution is 7.98. The van der Waals surface area contributed by atoms with Gasteiger partial charge in [0.05, 0.1) is 6.61 Å². The van der Waals surface area contributed by atoms with Crippen molar-refractivity contribution >= 4 is 17.7 Å². The van der Waals surface area contributed by atoms with Gasteiger partial charge in [-0.15, -0.1) is 11.8 Å². The Bertz CT molecular complexity index is 679. The zero-order valence-corrected chi connectivity index (χ0v) is 12.1. The van der Waals surface area contributed by atoms with Crippen molar-refractivity contribution < 1.29 is 24.6 Å². The number of hydroxylamine groups is 1. The lowest BCUT2D eigenvalue weighted by Crippen LogP contribution is -2.20. The van der Waals surface area contributed by atoms with E-state index in [1.54, 1.807) is 12.1 Å². The van der Waals surface area contributed by atoms with E-state index in [9.17, 15) is 19.4 Å². The first kappa shape index (κ1) is 16.2. The molecule has 0 radical (unpaired) electrons. The van der Waals surface area contributed by atoms with Crippen molar-refractivity contribution in [3.63, 3.8) is 0 Å². The molecule has 4 N–H and O–H groups in total. The van der Waals surface area contributed by atoms with Crippen LogP contribution in [0.15, 0.2) is 35.4 Å². The van der Waals surface area contributed by atoms with E-state index in [1.807, 2.05) is 0 Å². The summed E-state index contributed by atoms with van der Waals surface area (Å²) >= 11 is 1.36. The Morgan fingerprint density at radius 3 is 2.59 bits per heavy atom. The molecule has 2 aromatic rings. The number of amides is 1.